The van der Waals surface area contributed by atoms with Gasteiger partial charge in [-0.2, -0.15) is 4.98 Å². The second-order valence-electron chi connectivity index (χ2n) is 4.30. The fourth-order valence-electron chi connectivity index (χ4n) is 1.69. The molecule has 0 saturated heterocycles. The zero-order chi connectivity index (χ0) is 14.4. The quantitative estimate of drug-likeness (QED) is 0.836. The highest BCUT2D eigenvalue weighted by molar-refractivity contribution is 5.90. The van der Waals surface area contributed by atoms with Gasteiger partial charge in [0.2, 0.25) is 0 Å². The Morgan fingerprint density at radius 3 is 2.95 bits per heavy atom. The van der Waals surface area contributed by atoms with Crippen molar-refractivity contribution in [1.82, 2.24) is 10.1 Å². The van der Waals surface area contributed by atoms with Gasteiger partial charge in [-0.05, 0) is 18.6 Å². The van der Waals surface area contributed by atoms with Crippen LogP contribution in [0.2, 0.25) is 0 Å². The third-order valence-electron chi connectivity index (χ3n) is 2.73. The van der Waals surface area contributed by atoms with Crippen LogP contribution in [0.5, 0.6) is 5.75 Å². The van der Waals surface area contributed by atoms with Crippen molar-refractivity contribution in [2.75, 3.05) is 0 Å². The van der Waals surface area contributed by atoms with Crippen molar-refractivity contribution < 1.29 is 19.2 Å². The molecule has 1 heterocycles. The second kappa shape index (κ2) is 6.70. The summed E-state index contributed by atoms with van der Waals surface area (Å²) in [7, 11) is 0. The summed E-state index contributed by atoms with van der Waals surface area (Å²) in [5.74, 6) is 0.247. The van der Waals surface area contributed by atoms with Crippen LogP contribution in [0.25, 0.3) is 0 Å². The third-order valence-corrected chi connectivity index (χ3v) is 2.73. The highest BCUT2D eigenvalue weighted by Crippen LogP contribution is 2.19. The number of aryl methyl sites for hydroxylation is 1. The highest BCUT2D eigenvalue weighted by Gasteiger charge is 2.12. The van der Waals surface area contributed by atoms with Gasteiger partial charge in [0.25, 0.3) is 5.89 Å². The first-order valence-electron chi connectivity index (χ1n) is 6.47. The maximum atomic E-state index is 11.0. The molecule has 20 heavy (non-hydrogen) atoms. The Kier molecular flexibility index (Phi) is 4.70. The zero-order valence-corrected chi connectivity index (χ0v) is 11.2. The fraction of sp³-hybridized carbons (Fsp3) is 0.357. The average molecular weight is 276 g/mol. The van der Waals surface area contributed by atoms with Gasteiger partial charge in [-0.3, -0.25) is 0 Å². The molecule has 0 saturated carbocycles. The minimum absolute atomic E-state index is 0.0589. The third kappa shape index (κ3) is 3.57. The van der Waals surface area contributed by atoms with Gasteiger partial charge in [0, 0.05) is 6.42 Å². The van der Waals surface area contributed by atoms with E-state index in [-0.39, 0.29) is 17.9 Å². The largest absolute Gasteiger partial charge is 0.483 e. The number of aromatic nitrogens is 2. The molecule has 0 atom stereocenters. The van der Waals surface area contributed by atoms with Crippen molar-refractivity contribution in [1.29, 1.82) is 0 Å². The molecule has 0 bridgehead atoms. The van der Waals surface area contributed by atoms with E-state index in [1.165, 1.54) is 6.07 Å². The monoisotopic (exact) mass is 276 g/mol. The van der Waals surface area contributed by atoms with Gasteiger partial charge in [0.05, 0.1) is 0 Å². The van der Waals surface area contributed by atoms with Crippen molar-refractivity contribution in [3.8, 4) is 5.75 Å². The van der Waals surface area contributed by atoms with E-state index < -0.39 is 5.97 Å². The Labute approximate surface area is 116 Å². The first-order valence-corrected chi connectivity index (χ1v) is 6.47. The van der Waals surface area contributed by atoms with E-state index in [4.69, 9.17) is 14.4 Å². The number of aromatic carboxylic acids is 1. The van der Waals surface area contributed by atoms with E-state index in [1.807, 2.05) is 0 Å². The van der Waals surface area contributed by atoms with Gasteiger partial charge >= 0.3 is 5.97 Å². The molecule has 0 aliphatic rings. The average Bonchev–Trinajstić information content (AvgIpc) is 2.91. The molecule has 6 heteroatoms. The molecule has 1 N–H and O–H groups in total. The Morgan fingerprint density at radius 1 is 1.40 bits per heavy atom. The Balaban J connectivity index is 1.98. The fourth-order valence-corrected chi connectivity index (χ4v) is 1.69. The van der Waals surface area contributed by atoms with Crippen molar-refractivity contribution >= 4 is 5.97 Å². The van der Waals surface area contributed by atoms with Gasteiger partial charge in [-0.1, -0.05) is 30.6 Å². The number of nitrogens with zero attached hydrogens (tertiary/aromatic N) is 2. The van der Waals surface area contributed by atoms with Crippen LogP contribution in [0.1, 0.15) is 41.8 Å². The van der Waals surface area contributed by atoms with Crippen molar-refractivity contribution in [2.24, 2.45) is 0 Å². The number of rotatable bonds is 7. The van der Waals surface area contributed by atoms with E-state index in [0.717, 1.165) is 19.3 Å². The van der Waals surface area contributed by atoms with Gasteiger partial charge in [-0.15, -0.1) is 0 Å². The standard InChI is InChI=1S/C14H16N2O4/c1-2-3-8-12-15-13(20-16-12)9-19-11-7-5-4-6-10(11)14(17)18/h4-7H,2-3,8-9H2,1H3,(H,17,18). The number of hydrogen-bond donors (Lipinski definition) is 1. The number of carbonyl (C=O) groups is 1. The molecule has 6 nitrogen and oxygen atoms in total. The number of hydrogen-bond acceptors (Lipinski definition) is 5. The van der Waals surface area contributed by atoms with Crippen LogP contribution in [-0.4, -0.2) is 21.2 Å². The minimum Gasteiger partial charge on any atom is -0.483 e. The van der Waals surface area contributed by atoms with Crippen molar-refractivity contribution in [3.05, 3.63) is 41.5 Å². The molecule has 2 rings (SSSR count). The Morgan fingerprint density at radius 2 is 2.20 bits per heavy atom. The lowest BCUT2D eigenvalue weighted by Crippen LogP contribution is -2.03. The predicted molar refractivity (Wildman–Crippen MR) is 70.6 cm³/mol. The van der Waals surface area contributed by atoms with Gasteiger partial charge < -0.3 is 14.4 Å². The van der Waals surface area contributed by atoms with E-state index in [9.17, 15) is 4.79 Å². The lowest BCUT2D eigenvalue weighted by molar-refractivity contribution is 0.0691. The van der Waals surface area contributed by atoms with Crippen LogP contribution in [0, 0.1) is 0 Å². The minimum atomic E-state index is -1.03. The molecule has 0 aliphatic carbocycles. The molecule has 2 aromatic rings. The molecule has 106 valence electrons. The number of para-hydroxylation sites is 1. The summed E-state index contributed by atoms with van der Waals surface area (Å²) in [4.78, 5) is 15.2. The number of carboxylic acids is 1. The van der Waals surface area contributed by atoms with Gasteiger partial charge in [-0.25, -0.2) is 4.79 Å². The van der Waals surface area contributed by atoms with Crippen LogP contribution >= 0.6 is 0 Å². The van der Waals surface area contributed by atoms with E-state index in [2.05, 4.69) is 17.1 Å². The molecule has 1 aromatic carbocycles. The Bertz CT molecular complexity index is 580. The molecular formula is C14H16N2O4. The van der Waals surface area contributed by atoms with E-state index >= 15 is 0 Å². The smallest absolute Gasteiger partial charge is 0.339 e. The summed E-state index contributed by atoms with van der Waals surface area (Å²) >= 11 is 0. The maximum absolute atomic E-state index is 11.0. The SMILES string of the molecule is CCCCc1noc(COc2ccccc2C(=O)O)n1. The van der Waals surface area contributed by atoms with Crippen molar-refractivity contribution in [2.45, 2.75) is 32.8 Å². The first-order chi connectivity index (χ1) is 9.70. The van der Waals surface area contributed by atoms with Gasteiger partial charge in [0.15, 0.2) is 12.4 Å². The lowest BCUT2D eigenvalue weighted by Gasteiger charge is -2.05. The van der Waals surface area contributed by atoms with Crippen LogP contribution in [0.15, 0.2) is 28.8 Å². The summed E-state index contributed by atoms with van der Waals surface area (Å²) in [5, 5.41) is 12.9. The summed E-state index contributed by atoms with van der Waals surface area (Å²) < 4.78 is 10.5. The number of unbranched alkanes of at least 4 members (excludes halogenated alkanes) is 1. The second-order valence-corrected chi connectivity index (χ2v) is 4.30. The maximum Gasteiger partial charge on any atom is 0.339 e. The molecule has 0 spiro atoms. The van der Waals surface area contributed by atoms with Crippen LogP contribution in [0.4, 0.5) is 0 Å². The molecule has 0 amide bonds. The zero-order valence-electron chi connectivity index (χ0n) is 11.2. The molecule has 0 unspecified atom stereocenters. The summed E-state index contributed by atoms with van der Waals surface area (Å²) in [6.45, 7) is 2.15. The molecule has 0 fully saturated rings. The molecular weight excluding hydrogens is 260 g/mol. The number of carboxylic acid groups (broad SMARTS) is 1. The molecule has 1 aromatic heterocycles. The Hall–Kier alpha value is -2.37. The summed E-state index contributed by atoms with van der Waals surface area (Å²) in [6, 6.07) is 6.43. The summed E-state index contributed by atoms with van der Waals surface area (Å²) in [6.07, 6.45) is 2.83. The van der Waals surface area contributed by atoms with E-state index in [0.29, 0.717) is 11.7 Å². The highest BCUT2D eigenvalue weighted by atomic mass is 16.5. The van der Waals surface area contributed by atoms with Gasteiger partial charge in [0.1, 0.15) is 11.3 Å². The summed E-state index contributed by atoms with van der Waals surface area (Å²) in [5.41, 5.74) is 0.109. The lowest BCUT2D eigenvalue weighted by atomic mass is 10.2. The van der Waals surface area contributed by atoms with Crippen LogP contribution < -0.4 is 4.74 Å². The number of benzene rings is 1. The molecule has 0 radical (unpaired) electrons. The predicted octanol–water partition coefficient (Wildman–Crippen LogP) is 2.69. The number of ether oxygens (including phenoxy) is 1. The van der Waals surface area contributed by atoms with Crippen LogP contribution in [0.3, 0.4) is 0 Å². The first kappa shape index (κ1) is 14.0. The topological polar surface area (TPSA) is 85.5 Å². The normalized spacial score (nSPS) is 10.4. The van der Waals surface area contributed by atoms with Crippen molar-refractivity contribution in [3.63, 3.8) is 0 Å². The van der Waals surface area contributed by atoms with Crippen LogP contribution in [-0.2, 0) is 13.0 Å². The molecule has 0 aliphatic heterocycles. The van der Waals surface area contributed by atoms with E-state index in [1.54, 1.807) is 18.2 Å².